The number of hydrogen-bond acceptors (Lipinski definition) is 5. The van der Waals surface area contributed by atoms with Gasteiger partial charge in [-0.15, -0.1) is 0 Å². The number of benzene rings is 3. The molecular weight excluding hydrogens is 410 g/mol. The Bertz CT molecular complexity index is 1070. The van der Waals surface area contributed by atoms with Crippen LogP contribution in [-0.4, -0.2) is 29.4 Å². The van der Waals surface area contributed by atoms with Gasteiger partial charge in [0.05, 0.1) is 11.5 Å². The van der Waals surface area contributed by atoms with Crippen LogP contribution in [0, 0.1) is 10.1 Å². The van der Waals surface area contributed by atoms with Gasteiger partial charge in [-0.2, -0.15) is 0 Å². The predicted molar refractivity (Wildman–Crippen MR) is 119 cm³/mol. The van der Waals surface area contributed by atoms with Gasteiger partial charge >= 0.3 is 0 Å². The first-order valence-electron chi connectivity index (χ1n) is 10.0. The van der Waals surface area contributed by atoms with E-state index in [4.69, 9.17) is 10.5 Å². The first-order valence-corrected chi connectivity index (χ1v) is 10.0. The van der Waals surface area contributed by atoms with Crippen molar-refractivity contribution >= 4 is 17.5 Å². The Hall–Kier alpha value is -4.20. The Kier molecular flexibility index (Phi) is 7.53. The smallest absolute Gasteiger partial charge is 0.269 e. The highest BCUT2D eigenvalue weighted by Gasteiger charge is 2.19. The third-order valence-electron chi connectivity index (χ3n) is 4.85. The second-order valence-electron chi connectivity index (χ2n) is 7.16. The molecule has 32 heavy (non-hydrogen) atoms. The van der Waals surface area contributed by atoms with Gasteiger partial charge in [-0.05, 0) is 35.4 Å². The molecular formula is C24H23N3O5. The molecule has 3 rings (SSSR count). The van der Waals surface area contributed by atoms with Crippen LogP contribution >= 0.6 is 0 Å². The zero-order chi connectivity index (χ0) is 22.9. The monoisotopic (exact) mass is 433 g/mol. The van der Waals surface area contributed by atoms with Gasteiger partial charge in [0.25, 0.3) is 11.6 Å². The highest BCUT2D eigenvalue weighted by molar-refractivity contribution is 5.97. The van der Waals surface area contributed by atoms with E-state index in [9.17, 15) is 19.7 Å². The summed E-state index contributed by atoms with van der Waals surface area (Å²) >= 11 is 0. The Morgan fingerprint density at radius 1 is 0.938 bits per heavy atom. The number of nitrogens with zero attached hydrogens (tertiary/aromatic N) is 1. The first kappa shape index (κ1) is 22.5. The van der Waals surface area contributed by atoms with E-state index in [0.717, 1.165) is 11.1 Å². The van der Waals surface area contributed by atoms with Crippen molar-refractivity contribution in [2.24, 2.45) is 5.73 Å². The van der Waals surface area contributed by atoms with Crippen molar-refractivity contribution in [1.29, 1.82) is 0 Å². The fourth-order valence-corrected chi connectivity index (χ4v) is 3.09. The maximum atomic E-state index is 12.5. The first-order chi connectivity index (χ1) is 15.4. The lowest BCUT2D eigenvalue weighted by atomic mass is 10.0. The summed E-state index contributed by atoms with van der Waals surface area (Å²) in [7, 11) is 0. The van der Waals surface area contributed by atoms with Crippen LogP contribution < -0.4 is 15.8 Å². The van der Waals surface area contributed by atoms with Gasteiger partial charge in [0.1, 0.15) is 11.8 Å². The number of nitro groups is 1. The van der Waals surface area contributed by atoms with E-state index in [-0.39, 0.29) is 5.69 Å². The molecule has 164 valence electrons. The van der Waals surface area contributed by atoms with Crippen molar-refractivity contribution in [3.63, 3.8) is 0 Å². The molecule has 1 unspecified atom stereocenters. The summed E-state index contributed by atoms with van der Waals surface area (Å²) in [4.78, 5) is 34.5. The molecule has 0 radical (unpaired) electrons. The topological polar surface area (TPSA) is 125 Å². The van der Waals surface area contributed by atoms with Crippen molar-refractivity contribution in [3.8, 4) is 5.75 Å². The molecule has 0 spiro atoms. The average Bonchev–Trinajstić information content (AvgIpc) is 2.80. The molecule has 2 amide bonds. The van der Waals surface area contributed by atoms with Gasteiger partial charge in [-0.1, -0.05) is 42.5 Å². The highest BCUT2D eigenvalue weighted by Crippen LogP contribution is 2.15. The van der Waals surface area contributed by atoms with E-state index < -0.39 is 22.8 Å². The molecule has 3 N–H and O–H groups in total. The maximum absolute atomic E-state index is 12.5. The summed E-state index contributed by atoms with van der Waals surface area (Å²) in [5.74, 6) is -0.422. The Morgan fingerprint density at radius 2 is 1.59 bits per heavy atom. The number of carbonyl (C=O) groups is 2. The number of carbonyl (C=O) groups excluding carboxylic acids is 2. The molecule has 3 aromatic carbocycles. The quantitative estimate of drug-likeness (QED) is 0.376. The highest BCUT2D eigenvalue weighted by atomic mass is 16.6. The van der Waals surface area contributed by atoms with Gasteiger partial charge in [0.2, 0.25) is 5.91 Å². The predicted octanol–water partition coefficient (Wildman–Crippen LogP) is 3.04. The van der Waals surface area contributed by atoms with Gasteiger partial charge in [-0.3, -0.25) is 19.7 Å². The van der Waals surface area contributed by atoms with E-state index in [0.29, 0.717) is 30.8 Å². The molecule has 0 aromatic heterocycles. The van der Waals surface area contributed by atoms with Crippen LogP contribution in [0.2, 0.25) is 0 Å². The number of ether oxygens (including phenoxy) is 1. The second kappa shape index (κ2) is 10.7. The average molecular weight is 433 g/mol. The Labute approximate surface area is 185 Å². The van der Waals surface area contributed by atoms with Crippen molar-refractivity contribution in [3.05, 3.63) is 106 Å². The number of non-ortho nitro benzene ring substituents is 1. The normalized spacial score (nSPS) is 11.4. The molecule has 3 aromatic rings. The van der Waals surface area contributed by atoms with Crippen LogP contribution in [0.1, 0.15) is 21.5 Å². The van der Waals surface area contributed by atoms with E-state index in [1.807, 2.05) is 30.3 Å². The zero-order valence-electron chi connectivity index (χ0n) is 17.3. The van der Waals surface area contributed by atoms with Gasteiger partial charge in [0, 0.05) is 30.5 Å². The molecule has 8 nitrogen and oxygen atoms in total. The minimum atomic E-state index is -0.817. The lowest BCUT2D eigenvalue weighted by Gasteiger charge is -2.16. The van der Waals surface area contributed by atoms with Crippen LogP contribution in [-0.2, 0) is 17.6 Å². The minimum absolute atomic E-state index is 0.0471. The summed E-state index contributed by atoms with van der Waals surface area (Å²) in [6.45, 7) is 0.379. The summed E-state index contributed by atoms with van der Waals surface area (Å²) in [6, 6.07) is 21.4. The summed E-state index contributed by atoms with van der Waals surface area (Å²) in [5, 5.41) is 13.4. The number of primary amides is 1. The molecule has 0 aliphatic carbocycles. The molecule has 8 heteroatoms. The van der Waals surface area contributed by atoms with E-state index in [1.165, 1.54) is 12.1 Å². The summed E-state index contributed by atoms with van der Waals surface area (Å²) in [6.07, 6.45) is 0.895. The fraction of sp³-hybridized carbons (Fsp3) is 0.167. The van der Waals surface area contributed by atoms with Crippen molar-refractivity contribution in [2.75, 3.05) is 6.61 Å². The van der Waals surface area contributed by atoms with Crippen LogP contribution in [0.15, 0.2) is 78.9 Å². The Balaban J connectivity index is 1.51. The maximum Gasteiger partial charge on any atom is 0.269 e. The number of nitrogens with one attached hydrogen (secondary N) is 1. The number of amides is 2. The van der Waals surface area contributed by atoms with Crippen molar-refractivity contribution in [1.82, 2.24) is 5.32 Å². The largest absolute Gasteiger partial charge is 0.493 e. The SMILES string of the molecule is NC(=O)C(Cc1ccccc1)NC(=O)c1ccc(OCCc2ccc([N+](=O)[O-])cc2)cc1. The van der Waals surface area contributed by atoms with E-state index >= 15 is 0 Å². The van der Waals surface area contributed by atoms with Crippen LogP contribution in [0.4, 0.5) is 5.69 Å². The summed E-state index contributed by atoms with van der Waals surface area (Å²) in [5.41, 5.74) is 7.70. The lowest BCUT2D eigenvalue weighted by molar-refractivity contribution is -0.384. The van der Waals surface area contributed by atoms with Crippen LogP contribution in [0.3, 0.4) is 0 Å². The number of hydrogen-bond donors (Lipinski definition) is 2. The minimum Gasteiger partial charge on any atom is -0.493 e. The standard InChI is InChI=1S/C24H23N3O5/c25-23(28)22(16-18-4-2-1-3-5-18)26-24(29)19-8-12-21(13-9-19)32-15-14-17-6-10-20(11-7-17)27(30)31/h1-13,22H,14-16H2,(H2,25,28)(H,26,29). The molecule has 0 aliphatic rings. The fourth-order valence-electron chi connectivity index (χ4n) is 3.09. The molecule has 1 atom stereocenters. The third-order valence-corrected chi connectivity index (χ3v) is 4.85. The summed E-state index contributed by atoms with van der Waals surface area (Å²) < 4.78 is 5.68. The Morgan fingerprint density at radius 3 is 2.19 bits per heavy atom. The molecule has 0 fully saturated rings. The third kappa shape index (κ3) is 6.40. The second-order valence-corrected chi connectivity index (χ2v) is 7.16. The van der Waals surface area contributed by atoms with Crippen LogP contribution in [0.25, 0.3) is 0 Å². The molecule has 0 aliphatic heterocycles. The molecule has 0 bridgehead atoms. The lowest BCUT2D eigenvalue weighted by Crippen LogP contribution is -2.45. The van der Waals surface area contributed by atoms with Gasteiger partial charge in [0.15, 0.2) is 0 Å². The van der Waals surface area contributed by atoms with E-state index in [1.54, 1.807) is 36.4 Å². The van der Waals surface area contributed by atoms with Gasteiger partial charge in [-0.25, -0.2) is 0 Å². The zero-order valence-corrected chi connectivity index (χ0v) is 17.3. The van der Waals surface area contributed by atoms with Crippen LogP contribution in [0.5, 0.6) is 5.75 Å². The molecule has 0 heterocycles. The van der Waals surface area contributed by atoms with Crippen molar-refractivity contribution in [2.45, 2.75) is 18.9 Å². The number of nitrogens with two attached hydrogens (primary N) is 1. The van der Waals surface area contributed by atoms with Crippen molar-refractivity contribution < 1.29 is 19.2 Å². The number of nitro benzene ring substituents is 1. The number of rotatable bonds is 10. The molecule has 0 saturated heterocycles. The van der Waals surface area contributed by atoms with Gasteiger partial charge < -0.3 is 15.8 Å². The van der Waals surface area contributed by atoms with E-state index in [2.05, 4.69) is 5.32 Å². The molecule has 0 saturated carbocycles.